The molecule has 0 aromatic carbocycles. The summed E-state index contributed by atoms with van der Waals surface area (Å²) in [5.41, 5.74) is -1.67. The van der Waals surface area contributed by atoms with Gasteiger partial charge in [-0.3, -0.25) is 9.59 Å². The van der Waals surface area contributed by atoms with E-state index in [1.54, 1.807) is 0 Å². The van der Waals surface area contributed by atoms with Gasteiger partial charge in [-0.1, -0.05) is 0 Å². The minimum Gasteiger partial charge on any atom is -0.481 e. The summed E-state index contributed by atoms with van der Waals surface area (Å²) in [6.45, 7) is 0.795. The molecular weight excluding hydrogens is 174 g/mol. The molecule has 0 aromatic rings. The number of carboxylic acids is 1. The van der Waals surface area contributed by atoms with E-state index in [1.165, 1.54) is 7.11 Å². The van der Waals surface area contributed by atoms with Crippen LogP contribution in [0.15, 0.2) is 0 Å². The maximum atomic E-state index is 11.4. The van der Waals surface area contributed by atoms with Gasteiger partial charge in [0.05, 0.1) is 17.9 Å². The number of nitrogens with one attached hydrogen (secondary N) is 1. The molecule has 0 spiro atoms. The monoisotopic (exact) mass is 185 g/mol. The molecule has 13 heavy (non-hydrogen) atoms. The zero-order valence-electron chi connectivity index (χ0n) is 7.29. The molecule has 5 heteroatoms. The van der Waals surface area contributed by atoms with Gasteiger partial charge in [-0.05, 0) is 6.42 Å². The average Bonchev–Trinajstić information content (AvgIpc) is 2.65. The second-order valence-corrected chi connectivity index (χ2v) is 3.74. The van der Waals surface area contributed by atoms with Crippen LogP contribution < -0.4 is 5.32 Å². The van der Waals surface area contributed by atoms with Gasteiger partial charge in [0.15, 0.2) is 0 Å². The topological polar surface area (TPSA) is 75.6 Å². The van der Waals surface area contributed by atoms with E-state index in [4.69, 9.17) is 5.11 Å². The van der Waals surface area contributed by atoms with E-state index < -0.39 is 22.8 Å². The van der Waals surface area contributed by atoms with Gasteiger partial charge in [0, 0.05) is 13.1 Å². The van der Waals surface area contributed by atoms with Crippen molar-refractivity contribution in [2.45, 2.75) is 6.42 Å². The molecule has 72 valence electrons. The number of hydrogen-bond acceptors (Lipinski definition) is 4. The summed E-state index contributed by atoms with van der Waals surface area (Å²) in [5.74, 6) is -1.30. The highest BCUT2D eigenvalue weighted by molar-refractivity contribution is 5.95. The number of aliphatic carboxylic acids is 1. The van der Waals surface area contributed by atoms with E-state index in [0.29, 0.717) is 19.5 Å². The Kier molecular flexibility index (Phi) is 1.46. The summed E-state index contributed by atoms with van der Waals surface area (Å²) in [6.07, 6.45) is 0.412. The molecule has 0 radical (unpaired) electrons. The molecule has 1 aliphatic heterocycles. The van der Waals surface area contributed by atoms with Crippen molar-refractivity contribution in [2.24, 2.45) is 10.8 Å². The summed E-state index contributed by atoms with van der Waals surface area (Å²) in [6, 6.07) is 0. The number of ether oxygens (including phenoxy) is 1. The first kappa shape index (κ1) is 8.50. The highest BCUT2D eigenvalue weighted by Crippen LogP contribution is 2.66. The highest BCUT2D eigenvalue weighted by Gasteiger charge is 2.79. The minimum atomic E-state index is -0.900. The van der Waals surface area contributed by atoms with E-state index in [9.17, 15) is 9.59 Å². The number of carbonyl (C=O) groups is 2. The van der Waals surface area contributed by atoms with Crippen LogP contribution in [0.3, 0.4) is 0 Å². The number of hydrogen-bond donors (Lipinski definition) is 2. The van der Waals surface area contributed by atoms with E-state index in [1.807, 2.05) is 0 Å². The first-order valence-electron chi connectivity index (χ1n) is 4.12. The van der Waals surface area contributed by atoms with Gasteiger partial charge >= 0.3 is 11.9 Å². The summed E-state index contributed by atoms with van der Waals surface area (Å²) >= 11 is 0. The van der Waals surface area contributed by atoms with Crippen molar-refractivity contribution in [3.05, 3.63) is 0 Å². The third-order valence-electron chi connectivity index (χ3n) is 3.23. The average molecular weight is 185 g/mol. The molecule has 5 nitrogen and oxygen atoms in total. The summed E-state index contributed by atoms with van der Waals surface area (Å²) in [5, 5.41) is 11.9. The van der Waals surface area contributed by atoms with Crippen molar-refractivity contribution in [3.8, 4) is 0 Å². The molecule has 1 aliphatic carbocycles. The number of carbonyl (C=O) groups excluding carboxylic acids is 1. The maximum absolute atomic E-state index is 11.4. The summed E-state index contributed by atoms with van der Waals surface area (Å²) in [4.78, 5) is 22.3. The molecule has 2 rings (SSSR count). The van der Waals surface area contributed by atoms with Gasteiger partial charge < -0.3 is 15.2 Å². The van der Waals surface area contributed by atoms with Crippen LogP contribution in [-0.4, -0.2) is 37.2 Å². The molecule has 2 atom stereocenters. The lowest BCUT2D eigenvalue weighted by Gasteiger charge is -2.10. The molecule has 0 bridgehead atoms. The Hall–Kier alpha value is -1.10. The second-order valence-electron chi connectivity index (χ2n) is 3.74. The van der Waals surface area contributed by atoms with Crippen molar-refractivity contribution in [1.29, 1.82) is 0 Å². The standard InChI is InChI=1S/C8H11NO4/c1-13-6(12)8-2-7(8,5(10)11)3-9-4-8/h9H,2-4H2,1H3,(H,10,11)/t7-,8+/m0/s1. The quantitative estimate of drug-likeness (QED) is 0.552. The van der Waals surface area contributed by atoms with Gasteiger partial charge in [-0.25, -0.2) is 0 Å². The Labute approximate surface area is 75.1 Å². The number of esters is 1. The molecule has 1 saturated heterocycles. The van der Waals surface area contributed by atoms with Crippen molar-refractivity contribution in [2.75, 3.05) is 20.2 Å². The Morgan fingerprint density at radius 2 is 2.00 bits per heavy atom. The molecule has 2 N–H and O–H groups in total. The van der Waals surface area contributed by atoms with Crippen molar-refractivity contribution in [1.82, 2.24) is 5.32 Å². The molecule has 0 unspecified atom stereocenters. The van der Waals surface area contributed by atoms with E-state index in [0.717, 1.165) is 0 Å². The molecule has 0 amide bonds. The number of carboxylic acid groups (broad SMARTS) is 1. The van der Waals surface area contributed by atoms with Gasteiger partial charge in [-0.15, -0.1) is 0 Å². The van der Waals surface area contributed by atoms with Gasteiger partial charge in [0.2, 0.25) is 0 Å². The third kappa shape index (κ3) is 0.751. The van der Waals surface area contributed by atoms with Crippen LogP contribution in [0.4, 0.5) is 0 Å². The SMILES string of the molecule is COC(=O)[C@@]12CNC[C@]1(C(=O)O)C2. The number of methoxy groups -OCH3 is 1. The normalized spacial score (nSPS) is 41.0. The van der Waals surface area contributed by atoms with Crippen LogP contribution in [0.5, 0.6) is 0 Å². The summed E-state index contributed by atoms with van der Waals surface area (Å²) < 4.78 is 4.61. The van der Waals surface area contributed by atoms with E-state index >= 15 is 0 Å². The molecule has 1 heterocycles. The second kappa shape index (κ2) is 2.23. The number of piperidine rings is 1. The van der Waals surface area contributed by atoms with Crippen molar-refractivity contribution >= 4 is 11.9 Å². The maximum Gasteiger partial charge on any atom is 0.314 e. The molecule has 2 fully saturated rings. The Bertz CT molecular complexity index is 290. The zero-order chi connectivity index (χ0) is 9.69. The highest BCUT2D eigenvalue weighted by atomic mass is 16.5. The molecule has 0 aromatic heterocycles. The van der Waals surface area contributed by atoms with Crippen LogP contribution >= 0.6 is 0 Å². The van der Waals surface area contributed by atoms with Crippen LogP contribution in [0.1, 0.15) is 6.42 Å². The minimum absolute atomic E-state index is 0.372. The largest absolute Gasteiger partial charge is 0.481 e. The fourth-order valence-electron chi connectivity index (χ4n) is 2.31. The van der Waals surface area contributed by atoms with E-state index in [2.05, 4.69) is 10.1 Å². The lowest BCUT2D eigenvalue weighted by atomic mass is 9.97. The molecule has 1 saturated carbocycles. The van der Waals surface area contributed by atoms with Gasteiger partial charge in [0.25, 0.3) is 0 Å². The van der Waals surface area contributed by atoms with Crippen molar-refractivity contribution < 1.29 is 19.4 Å². The van der Waals surface area contributed by atoms with Gasteiger partial charge in [-0.2, -0.15) is 0 Å². The smallest absolute Gasteiger partial charge is 0.314 e. The number of fused-ring (bicyclic) bond motifs is 1. The first-order chi connectivity index (χ1) is 6.09. The fraction of sp³-hybridized carbons (Fsp3) is 0.750. The third-order valence-corrected chi connectivity index (χ3v) is 3.23. The molecule has 2 aliphatic rings. The Balaban J connectivity index is 2.29. The first-order valence-corrected chi connectivity index (χ1v) is 4.12. The van der Waals surface area contributed by atoms with Crippen LogP contribution in [0.25, 0.3) is 0 Å². The predicted octanol–water partition coefficient (Wildman–Crippen LogP) is -0.776. The summed E-state index contributed by atoms with van der Waals surface area (Å²) in [7, 11) is 1.29. The fourth-order valence-corrected chi connectivity index (χ4v) is 2.31. The van der Waals surface area contributed by atoms with Gasteiger partial charge in [0.1, 0.15) is 0 Å². The Morgan fingerprint density at radius 3 is 2.46 bits per heavy atom. The van der Waals surface area contributed by atoms with Crippen LogP contribution in [-0.2, 0) is 14.3 Å². The lowest BCUT2D eigenvalue weighted by Crippen LogP contribution is -2.29. The van der Waals surface area contributed by atoms with Crippen molar-refractivity contribution in [3.63, 3.8) is 0 Å². The number of rotatable bonds is 2. The zero-order valence-corrected chi connectivity index (χ0v) is 7.29. The van der Waals surface area contributed by atoms with Crippen LogP contribution in [0, 0.1) is 10.8 Å². The Morgan fingerprint density at radius 1 is 1.38 bits per heavy atom. The van der Waals surface area contributed by atoms with E-state index in [-0.39, 0.29) is 0 Å². The van der Waals surface area contributed by atoms with Crippen LogP contribution in [0.2, 0.25) is 0 Å². The molecular formula is C8H11NO4. The predicted molar refractivity (Wildman–Crippen MR) is 42.0 cm³/mol. The lowest BCUT2D eigenvalue weighted by molar-refractivity contribution is -0.153.